The van der Waals surface area contributed by atoms with Crippen LogP contribution < -0.4 is 5.73 Å². The number of piperidine rings is 1. The third-order valence-corrected chi connectivity index (χ3v) is 4.38. The van der Waals surface area contributed by atoms with E-state index in [1.54, 1.807) is 6.08 Å². The van der Waals surface area contributed by atoms with Crippen LogP contribution in [0.1, 0.15) is 31.7 Å². The summed E-state index contributed by atoms with van der Waals surface area (Å²) in [6.07, 6.45) is 3.70. The number of carbonyl (C=O) groups excluding carboxylic acids is 2. The predicted molar refractivity (Wildman–Crippen MR) is 88.2 cm³/mol. The highest BCUT2D eigenvalue weighted by atomic mass is 35.5. The molecule has 0 unspecified atom stereocenters. The summed E-state index contributed by atoms with van der Waals surface area (Å²) in [5.41, 5.74) is 6.95. The third kappa shape index (κ3) is 4.34. The maximum absolute atomic E-state index is 12.3. The van der Waals surface area contributed by atoms with Gasteiger partial charge < -0.3 is 10.6 Å². The van der Waals surface area contributed by atoms with Crippen molar-refractivity contribution in [3.05, 3.63) is 40.9 Å². The Morgan fingerprint density at radius 2 is 1.95 bits per heavy atom. The molecule has 2 amide bonds. The molecule has 0 atom stereocenters. The molecular formula is C17H21ClN2O2. The maximum atomic E-state index is 12.3. The van der Waals surface area contributed by atoms with E-state index in [-0.39, 0.29) is 11.8 Å². The molecule has 0 bridgehead atoms. The topological polar surface area (TPSA) is 63.4 Å². The molecule has 1 saturated heterocycles. The van der Waals surface area contributed by atoms with Gasteiger partial charge in [0.25, 0.3) is 0 Å². The van der Waals surface area contributed by atoms with Gasteiger partial charge in [0, 0.05) is 30.6 Å². The van der Waals surface area contributed by atoms with Gasteiger partial charge in [-0.2, -0.15) is 0 Å². The number of halogens is 1. The average molecular weight is 321 g/mol. The van der Waals surface area contributed by atoms with E-state index in [1.165, 1.54) is 0 Å². The quantitative estimate of drug-likeness (QED) is 0.867. The van der Waals surface area contributed by atoms with E-state index in [0.29, 0.717) is 30.5 Å². The van der Waals surface area contributed by atoms with Crippen LogP contribution in [0.15, 0.2) is 30.3 Å². The SMILES string of the molecule is C/C(=C/C(=O)N1CCC(CC(N)=O)CC1)c1ccccc1Cl. The number of hydrogen-bond donors (Lipinski definition) is 1. The Labute approximate surface area is 135 Å². The Kier molecular flexibility index (Phi) is 5.61. The zero-order valence-corrected chi connectivity index (χ0v) is 13.5. The molecule has 0 saturated carbocycles. The summed E-state index contributed by atoms with van der Waals surface area (Å²) in [7, 11) is 0. The Morgan fingerprint density at radius 3 is 2.55 bits per heavy atom. The highest BCUT2D eigenvalue weighted by Gasteiger charge is 2.23. The van der Waals surface area contributed by atoms with E-state index in [0.717, 1.165) is 24.0 Å². The van der Waals surface area contributed by atoms with E-state index >= 15 is 0 Å². The van der Waals surface area contributed by atoms with Crippen molar-refractivity contribution in [2.75, 3.05) is 13.1 Å². The first kappa shape index (κ1) is 16.6. The fourth-order valence-electron chi connectivity index (χ4n) is 2.78. The van der Waals surface area contributed by atoms with Crippen LogP contribution in [-0.4, -0.2) is 29.8 Å². The van der Waals surface area contributed by atoms with Gasteiger partial charge >= 0.3 is 0 Å². The van der Waals surface area contributed by atoms with E-state index in [4.69, 9.17) is 17.3 Å². The number of likely N-dealkylation sites (tertiary alicyclic amines) is 1. The monoisotopic (exact) mass is 320 g/mol. The van der Waals surface area contributed by atoms with Crippen molar-refractivity contribution in [3.63, 3.8) is 0 Å². The molecule has 1 fully saturated rings. The molecule has 22 heavy (non-hydrogen) atoms. The molecule has 2 rings (SSSR count). The Bertz CT molecular complexity index is 590. The summed E-state index contributed by atoms with van der Waals surface area (Å²) in [6, 6.07) is 7.48. The summed E-state index contributed by atoms with van der Waals surface area (Å²) in [5, 5.41) is 0.643. The first-order chi connectivity index (χ1) is 10.5. The van der Waals surface area contributed by atoms with Crippen LogP contribution in [0.2, 0.25) is 5.02 Å². The summed E-state index contributed by atoms with van der Waals surface area (Å²) in [4.78, 5) is 25.1. The zero-order chi connectivity index (χ0) is 16.1. The third-order valence-electron chi connectivity index (χ3n) is 4.05. The van der Waals surface area contributed by atoms with E-state index < -0.39 is 0 Å². The molecule has 1 heterocycles. The van der Waals surface area contributed by atoms with Gasteiger partial charge in [-0.3, -0.25) is 9.59 Å². The van der Waals surface area contributed by atoms with Crippen LogP contribution >= 0.6 is 11.6 Å². The van der Waals surface area contributed by atoms with Gasteiger partial charge in [0.15, 0.2) is 0 Å². The molecule has 4 nitrogen and oxygen atoms in total. The summed E-state index contributed by atoms with van der Waals surface area (Å²) in [6.45, 7) is 3.23. The fourth-order valence-corrected chi connectivity index (χ4v) is 3.06. The highest BCUT2D eigenvalue weighted by molar-refractivity contribution is 6.32. The number of nitrogens with two attached hydrogens (primary N) is 1. The molecule has 2 N–H and O–H groups in total. The second-order valence-electron chi connectivity index (χ2n) is 5.75. The van der Waals surface area contributed by atoms with Gasteiger partial charge in [0.2, 0.25) is 11.8 Å². The van der Waals surface area contributed by atoms with Crippen molar-refractivity contribution >= 4 is 29.0 Å². The largest absolute Gasteiger partial charge is 0.370 e. The van der Waals surface area contributed by atoms with Crippen LogP contribution in [0.3, 0.4) is 0 Å². The number of amides is 2. The van der Waals surface area contributed by atoms with Gasteiger partial charge in [0.1, 0.15) is 0 Å². The lowest BCUT2D eigenvalue weighted by Gasteiger charge is -2.31. The first-order valence-corrected chi connectivity index (χ1v) is 7.85. The normalized spacial score (nSPS) is 16.6. The van der Waals surface area contributed by atoms with Crippen molar-refractivity contribution in [1.29, 1.82) is 0 Å². The molecule has 0 spiro atoms. The molecule has 0 aliphatic carbocycles. The summed E-state index contributed by atoms with van der Waals surface area (Å²) in [5.74, 6) is 0.0318. The first-order valence-electron chi connectivity index (χ1n) is 7.47. The summed E-state index contributed by atoms with van der Waals surface area (Å²) >= 11 is 6.15. The lowest BCUT2D eigenvalue weighted by molar-refractivity contribution is -0.127. The summed E-state index contributed by atoms with van der Waals surface area (Å²) < 4.78 is 0. The number of carbonyl (C=O) groups is 2. The number of nitrogens with zero attached hydrogens (tertiary/aromatic N) is 1. The van der Waals surface area contributed by atoms with Crippen molar-refractivity contribution in [2.45, 2.75) is 26.2 Å². The zero-order valence-electron chi connectivity index (χ0n) is 12.7. The van der Waals surface area contributed by atoms with Gasteiger partial charge in [-0.15, -0.1) is 0 Å². The van der Waals surface area contributed by atoms with Crippen LogP contribution in [0.4, 0.5) is 0 Å². The standard InChI is InChI=1S/C17H21ClN2O2/c1-12(14-4-2-3-5-15(14)18)10-17(22)20-8-6-13(7-9-20)11-16(19)21/h2-5,10,13H,6-9,11H2,1H3,(H2,19,21)/b12-10-. The number of rotatable bonds is 4. The van der Waals surface area contributed by atoms with E-state index in [2.05, 4.69) is 0 Å². The number of primary amides is 1. The second kappa shape index (κ2) is 7.45. The van der Waals surface area contributed by atoms with Gasteiger partial charge in [-0.25, -0.2) is 0 Å². The number of hydrogen-bond acceptors (Lipinski definition) is 2. The maximum Gasteiger partial charge on any atom is 0.246 e. The minimum absolute atomic E-state index is 0.00468. The van der Waals surface area contributed by atoms with Crippen LogP contribution in [-0.2, 0) is 9.59 Å². The molecule has 5 heteroatoms. The molecule has 118 valence electrons. The van der Waals surface area contributed by atoms with E-state index in [1.807, 2.05) is 36.1 Å². The Morgan fingerprint density at radius 1 is 1.32 bits per heavy atom. The smallest absolute Gasteiger partial charge is 0.246 e. The fraction of sp³-hybridized carbons (Fsp3) is 0.412. The highest BCUT2D eigenvalue weighted by Crippen LogP contribution is 2.24. The molecule has 1 aliphatic rings. The van der Waals surface area contributed by atoms with Crippen molar-refractivity contribution < 1.29 is 9.59 Å². The van der Waals surface area contributed by atoms with Gasteiger partial charge in [0.05, 0.1) is 0 Å². The molecule has 1 aromatic rings. The van der Waals surface area contributed by atoms with Gasteiger partial charge in [-0.05, 0) is 42.9 Å². The molecular weight excluding hydrogens is 300 g/mol. The molecule has 0 radical (unpaired) electrons. The molecule has 1 aromatic carbocycles. The van der Waals surface area contributed by atoms with E-state index in [9.17, 15) is 9.59 Å². The van der Waals surface area contributed by atoms with Crippen molar-refractivity contribution in [3.8, 4) is 0 Å². The number of allylic oxidation sites excluding steroid dienone is 1. The van der Waals surface area contributed by atoms with Crippen LogP contribution in [0, 0.1) is 5.92 Å². The predicted octanol–water partition coefficient (Wildman–Crippen LogP) is 2.86. The molecule has 0 aromatic heterocycles. The lowest BCUT2D eigenvalue weighted by Crippen LogP contribution is -2.38. The van der Waals surface area contributed by atoms with Crippen molar-refractivity contribution in [1.82, 2.24) is 4.90 Å². The lowest BCUT2D eigenvalue weighted by atomic mass is 9.93. The van der Waals surface area contributed by atoms with Crippen molar-refractivity contribution in [2.24, 2.45) is 11.7 Å². The van der Waals surface area contributed by atoms with Crippen LogP contribution in [0.5, 0.6) is 0 Å². The Balaban J connectivity index is 1.97. The average Bonchev–Trinajstić information content (AvgIpc) is 2.47. The van der Waals surface area contributed by atoms with Crippen LogP contribution in [0.25, 0.3) is 5.57 Å². The minimum Gasteiger partial charge on any atom is -0.370 e. The van der Waals surface area contributed by atoms with Gasteiger partial charge in [-0.1, -0.05) is 29.8 Å². The minimum atomic E-state index is -0.265. The Hall–Kier alpha value is -1.81. The number of benzene rings is 1. The molecule has 1 aliphatic heterocycles. The second-order valence-corrected chi connectivity index (χ2v) is 6.15.